The molecule has 0 fully saturated rings. The van der Waals surface area contributed by atoms with Crippen LogP contribution < -0.4 is 14.2 Å². The highest BCUT2D eigenvalue weighted by Crippen LogP contribution is 2.40. The topological polar surface area (TPSA) is 60.9 Å². The van der Waals surface area contributed by atoms with E-state index in [1.165, 1.54) is 5.56 Å². The Morgan fingerprint density at radius 2 is 1.77 bits per heavy atom. The number of pyridine rings is 1. The summed E-state index contributed by atoms with van der Waals surface area (Å²) in [6.45, 7) is 3.95. The molecule has 2 aromatic carbocycles. The number of aromatic nitrogens is 1. The van der Waals surface area contributed by atoms with Gasteiger partial charge in [0.2, 0.25) is 5.75 Å². The van der Waals surface area contributed by atoms with Crippen molar-refractivity contribution in [3.8, 4) is 17.2 Å². The molecule has 6 heteroatoms. The number of nitrogens with zero attached hydrogens (tertiary/aromatic N) is 2. The Bertz CT molecular complexity index is 1020. The normalized spacial score (nSPS) is 12.3. The lowest BCUT2D eigenvalue weighted by Gasteiger charge is -2.25. The van der Waals surface area contributed by atoms with Crippen molar-refractivity contribution >= 4 is 5.91 Å². The van der Waals surface area contributed by atoms with Crippen molar-refractivity contribution < 1.29 is 19.0 Å². The number of amides is 1. The standard InChI is InChI=1S/C25H26N2O4/c1-3-18-6-8-19(9-7-18)16-27(17-20-5-4-10-26-15-20)25(28)21-13-22(29-2)24-23(14-21)30-11-12-31-24/h4-10,13-15H,3,11-12,16-17H2,1-2H3. The summed E-state index contributed by atoms with van der Waals surface area (Å²) in [4.78, 5) is 19.6. The molecule has 0 spiro atoms. The first kappa shape index (κ1) is 20.7. The number of hydrogen-bond donors (Lipinski definition) is 0. The Labute approximate surface area is 182 Å². The van der Waals surface area contributed by atoms with Crippen LogP contribution in [0.15, 0.2) is 60.9 Å². The number of ether oxygens (including phenoxy) is 3. The number of methoxy groups -OCH3 is 1. The van der Waals surface area contributed by atoms with Crippen molar-refractivity contribution in [3.63, 3.8) is 0 Å². The largest absolute Gasteiger partial charge is 0.493 e. The number of fused-ring (bicyclic) bond motifs is 1. The van der Waals surface area contributed by atoms with E-state index >= 15 is 0 Å². The summed E-state index contributed by atoms with van der Waals surface area (Å²) in [6, 6.07) is 15.7. The van der Waals surface area contributed by atoms with Crippen LogP contribution in [0, 0.1) is 0 Å². The lowest BCUT2D eigenvalue weighted by atomic mass is 10.1. The van der Waals surface area contributed by atoms with Gasteiger partial charge in [0.1, 0.15) is 13.2 Å². The minimum Gasteiger partial charge on any atom is -0.493 e. The fraction of sp³-hybridized carbons (Fsp3) is 0.280. The lowest BCUT2D eigenvalue weighted by molar-refractivity contribution is 0.0728. The number of aryl methyl sites for hydroxylation is 1. The molecule has 0 atom stereocenters. The average molecular weight is 418 g/mol. The fourth-order valence-corrected chi connectivity index (χ4v) is 3.59. The molecular weight excluding hydrogens is 392 g/mol. The third kappa shape index (κ3) is 4.79. The maximum Gasteiger partial charge on any atom is 0.254 e. The molecule has 1 aliphatic heterocycles. The quantitative estimate of drug-likeness (QED) is 0.574. The minimum absolute atomic E-state index is 0.112. The molecule has 3 aromatic rings. The minimum atomic E-state index is -0.112. The van der Waals surface area contributed by atoms with Crippen LogP contribution in [0.2, 0.25) is 0 Å². The van der Waals surface area contributed by atoms with Crippen molar-refractivity contribution in [2.45, 2.75) is 26.4 Å². The first-order valence-corrected chi connectivity index (χ1v) is 10.4. The van der Waals surface area contributed by atoms with Gasteiger partial charge < -0.3 is 19.1 Å². The van der Waals surface area contributed by atoms with Gasteiger partial charge in [-0.25, -0.2) is 0 Å². The number of carbonyl (C=O) groups is 1. The van der Waals surface area contributed by atoms with Crippen molar-refractivity contribution in [1.82, 2.24) is 9.88 Å². The molecule has 0 saturated carbocycles. The molecule has 4 rings (SSSR count). The molecule has 2 heterocycles. The number of carbonyl (C=O) groups excluding carboxylic acids is 1. The molecule has 160 valence electrons. The number of hydrogen-bond acceptors (Lipinski definition) is 5. The molecular formula is C25H26N2O4. The molecule has 0 unspecified atom stereocenters. The van der Waals surface area contributed by atoms with Crippen LogP contribution >= 0.6 is 0 Å². The van der Waals surface area contributed by atoms with Crippen molar-refractivity contribution in [2.75, 3.05) is 20.3 Å². The molecule has 0 N–H and O–H groups in total. The summed E-state index contributed by atoms with van der Waals surface area (Å²) in [7, 11) is 1.56. The Kier molecular flexibility index (Phi) is 6.36. The zero-order valence-electron chi connectivity index (χ0n) is 17.8. The van der Waals surface area contributed by atoms with Gasteiger partial charge in [-0.2, -0.15) is 0 Å². The SMILES string of the molecule is CCc1ccc(CN(Cc2cccnc2)C(=O)c2cc(OC)c3c(c2)OCCO3)cc1. The summed E-state index contributed by atoms with van der Waals surface area (Å²) in [5, 5.41) is 0. The van der Waals surface area contributed by atoms with Crippen LogP contribution in [0.4, 0.5) is 0 Å². The van der Waals surface area contributed by atoms with E-state index in [-0.39, 0.29) is 5.91 Å². The maximum absolute atomic E-state index is 13.6. The van der Waals surface area contributed by atoms with Gasteiger partial charge in [0.15, 0.2) is 11.5 Å². The summed E-state index contributed by atoms with van der Waals surface area (Å²) in [5.74, 6) is 1.45. The molecule has 1 amide bonds. The van der Waals surface area contributed by atoms with Gasteiger partial charge in [-0.1, -0.05) is 37.3 Å². The first-order valence-electron chi connectivity index (χ1n) is 10.4. The molecule has 0 aliphatic carbocycles. The Morgan fingerprint density at radius 1 is 1.03 bits per heavy atom. The second kappa shape index (κ2) is 9.51. The Morgan fingerprint density at radius 3 is 2.48 bits per heavy atom. The molecule has 0 bridgehead atoms. The number of rotatable bonds is 7. The van der Waals surface area contributed by atoms with E-state index in [0.717, 1.165) is 17.5 Å². The zero-order chi connectivity index (χ0) is 21.6. The van der Waals surface area contributed by atoms with Crippen LogP contribution in [0.3, 0.4) is 0 Å². The third-order valence-corrected chi connectivity index (χ3v) is 5.26. The van der Waals surface area contributed by atoms with Crippen molar-refractivity contribution in [3.05, 3.63) is 83.2 Å². The lowest BCUT2D eigenvalue weighted by Crippen LogP contribution is -2.30. The first-order chi connectivity index (χ1) is 15.2. The highest BCUT2D eigenvalue weighted by Gasteiger charge is 2.24. The summed E-state index contributed by atoms with van der Waals surface area (Å²) < 4.78 is 16.8. The Balaban J connectivity index is 1.65. The van der Waals surface area contributed by atoms with Crippen molar-refractivity contribution in [1.29, 1.82) is 0 Å². The average Bonchev–Trinajstić information content (AvgIpc) is 2.83. The maximum atomic E-state index is 13.6. The molecule has 31 heavy (non-hydrogen) atoms. The molecule has 0 saturated heterocycles. The molecule has 0 radical (unpaired) electrons. The monoisotopic (exact) mass is 418 g/mol. The van der Waals surface area contributed by atoms with Gasteiger partial charge >= 0.3 is 0 Å². The van der Waals surface area contributed by atoms with Gasteiger partial charge in [0, 0.05) is 31.0 Å². The van der Waals surface area contributed by atoms with Crippen LogP contribution in [0.5, 0.6) is 17.2 Å². The predicted octanol–water partition coefficient (Wildman–Crippen LogP) is 4.27. The molecule has 1 aliphatic rings. The smallest absolute Gasteiger partial charge is 0.254 e. The van der Waals surface area contributed by atoms with Crippen LogP contribution in [-0.4, -0.2) is 36.1 Å². The Hall–Kier alpha value is -3.54. The summed E-state index contributed by atoms with van der Waals surface area (Å²) >= 11 is 0. The van der Waals surface area contributed by atoms with E-state index in [0.29, 0.717) is 49.1 Å². The zero-order valence-corrected chi connectivity index (χ0v) is 17.8. The number of benzene rings is 2. The van der Waals surface area contributed by atoms with Crippen LogP contribution in [0.1, 0.15) is 34.0 Å². The van der Waals surface area contributed by atoms with Gasteiger partial charge in [-0.15, -0.1) is 0 Å². The van der Waals surface area contributed by atoms with Gasteiger partial charge in [0.25, 0.3) is 5.91 Å². The second-order valence-corrected chi connectivity index (χ2v) is 7.40. The third-order valence-electron chi connectivity index (χ3n) is 5.26. The van der Waals surface area contributed by atoms with E-state index in [2.05, 4.69) is 36.2 Å². The van der Waals surface area contributed by atoms with Crippen molar-refractivity contribution in [2.24, 2.45) is 0 Å². The van der Waals surface area contributed by atoms with E-state index in [1.54, 1.807) is 31.6 Å². The summed E-state index contributed by atoms with van der Waals surface area (Å²) in [6.07, 6.45) is 4.49. The second-order valence-electron chi connectivity index (χ2n) is 7.40. The van der Waals surface area contributed by atoms with E-state index in [1.807, 2.05) is 17.0 Å². The van der Waals surface area contributed by atoms with Gasteiger partial charge in [-0.3, -0.25) is 9.78 Å². The highest BCUT2D eigenvalue weighted by molar-refractivity contribution is 5.95. The van der Waals surface area contributed by atoms with Gasteiger partial charge in [0.05, 0.1) is 7.11 Å². The predicted molar refractivity (Wildman–Crippen MR) is 118 cm³/mol. The van der Waals surface area contributed by atoms with E-state index in [4.69, 9.17) is 14.2 Å². The molecule has 6 nitrogen and oxygen atoms in total. The molecule has 1 aromatic heterocycles. The van der Waals surface area contributed by atoms with Crippen LogP contribution in [0.25, 0.3) is 0 Å². The van der Waals surface area contributed by atoms with E-state index < -0.39 is 0 Å². The van der Waals surface area contributed by atoms with Crippen LogP contribution in [-0.2, 0) is 19.5 Å². The summed E-state index contributed by atoms with van der Waals surface area (Å²) in [5.41, 5.74) is 3.80. The van der Waals surface area contributed by atoms with E-state index in [9.17, 15) is 4.79 Å². The highest BCUT2D eigenvalue weighted by atomic mass is 16.6. The van der Waals surface area contributed by atoms with Gasteiger partial charge in [-0.05, 0) is 41.3 Å². The fourth-order valence-electron chi connectivity index (χ4n) is 3.59.